The molecule has 22 heavy (non-hydrogen) atoms. The Kier molecular flexibility index (Phi) is 6.35. The van der Waals surface area contributed by atoms with Crippen LogP contribution >= 0.6 is 0 Å². The number of benzene rings is 1. The van der Waals surface area contributed by atoms with Crippen molar-refractivity contribution >= 4 is 17.3 Å². The summed E-state index contributed by atoms with van der Waals surface area (Å²) >= 11 is 0. The van der Waals surface area contributed by atoms with Gasteiger partial charge in [0.2, 0.25) is 0 Å². The van der Waals surface area contributed by atoms with E-state index in [1.807, 2.05) is 0 Å². The average Bonchev–Trinajstić information content (AvgIpc) is 2.45. The summed E-state index contributed by atoms with van der Waals surface area (Å²) in [6, 6.07) is 1.55. The van der Waals surface area contributed by atoms with Crippen molar-refractivity contribution in [3.63, 3.8) is 0 Å². The zero-order chi connectivity index (χ0) is 16.7. The molecule has 0 aliphatic rings. The molecule has 1 N–H and O–H groups in total. The third kappa shape index (κ3) is 4.46. The first-order valence-corrected chi connectivity index (χ1v) is 6.14. The topological polar surface area (TPSA) is 142 Å². The Balaban J connectivity index is 3.13. The van der Waals surface area contributed by atoms with Gasteiger partial charge in [-0.05, 0) is 0 Å². The molecule has 0 bridgehead atoms. The molecular weight excluding hydrogens is 300 g/mol. The number of nitro groups is 2. The molecule has 1 rings (SSSR count). The SMILES string of the molecule is COCCOCCc1c(C(=O)O)cc([N+](=O)[O-])cc1[N+](=O)[O-]. The zero-order valence-corrected chi connectivity index (χ0v) is 11.7. The molecule has 0 radical (unpaired) electrons. The highest BCUT2D eigenvalue weighted by atomic mass is 16.6. The molecule has 0 unspecified atom stereocenters. The van der Waals surface area contributed by atoms with E-state index in [9.17, 15) is 25.0 Å². The standard InChI is InChI=1S/C12H14N2O8/c1-21-4-5-22-3-2-9-10(12(15)16)6-8(13(17)18)7-11(9)14(19)20/h6-7H,2-5H2,1H3,(H,15,16). The van der Waals surface area contributed by atoms with Crippen molar-refractivity contribution in [2.45, 2.75) is 6.42 Å². The zero-order valence-electron chi connectivity index (χ0n) is 11.7. The fraction of sp³-hybridized carbons (Fsp3) is 0.417. The van der Waals surface area contributed by atoms with E-state index < -0.39 is 32.8 Å². The van der Waals surface area contributed by atoms with Gasteiger partial charge in [-0.2, -0.15) is 0 Å². The lowest BCUT2D eigenvalue weighted by atomic mass is 10.0. The normalized spacial score (nSPS) is 10.4. The Morgan fingerprint density at radius 3 is 2.36 bits per heavy atom. The van der Waals surface area contributed by atoms with Crippen LogP contribution in [0.2, 0.25) is 0 Å². The third-order valence-corrected chi connectivity index (χ3v) is 2.78. The van der Waals surface area contributed by atoms with Crippen LogP contribution in [-0.2, 0) is 15.9 Å². The van der Waals surface area contributed by atoms with Gasteiger partial charge in [0.05, 0.1) is 41.3 Å². The lowest BCUT2D eigenvalue weighted by Crippen LogP contribution is -2.11. The molecule has 1 aromatic carbocycles. The summed E-state index contributed by atoms with van der Waals surface area (Å²) < 4.78 is 9.91. The second-order valence-corrected chi connectivity index (χ2v) is 4.17. The van der Waals surface area contributed by atoms with Crippen molar-refractivity contribution in [2.75, 3.05) is 26.9 Å². The second kappa shape index (κ2) is 8.00. The minimum Gasteiger partial charge on any atom is -0.478 e. The molecule has 10 nitrogen and oxygen atoms in total. The van der Waals surface area contributed by atoms with Gasteiger partial charge >= 0.3 is 5.97 Å². The highest BCUT2D eigenvalue weighted by Crippen LogP contribution is 2.29. The monoisotopic (exact) mass is 314 g/mol. The number of carboxylic acid groups (broad SMARTS) is 1. The van der Waals surface area contributed by atoms with E-state index in [1.165, 1.54) is 7.11 Å². The van der Waals surface area contributed by atoms with Crippen LogP contribution in [0.25, 0.3) is 0 Å². The molecule has 0 saturated carbocycles. The van der Waals surface area contributed by atoms with E-state index in [0.717, 1.165) is 12.1 Å². The number of hydrogen-bond acceptors (Lipinski definition) is 7. The van der Waals surface area contributed by atoms with E-state index in [4.69, 9.17) is 14.6 Å². The number of non-ortho nitro benzene ring substituents is 1. The molecule has 120 valence electrons. The highest BCUT2D eigenvalue weighted by Gasteiger charge is 2.26. The lowest BCUT2D eigenvalue weighted by molar-refractivity contribution is -0.394. The maximum atomic E-state index is 11.2. The first kappa shape index (κ1) is 17.5. The van der Waals surface area contributed by atoms with Gasteiger partial charge in [-0.25, -0.2) is 4.79 Å². The smallest absolute Gasteiger partial charge is 0.336 e. The van der Waals surface area contributed by atoms with E-state index >= 15 is 0 Å². The van der Waals surface area contributed by atoms with Crippen LogP contribution in [0.15, 0.2) is 12.1 Å². The number of carbonyl (C=O) groups is 1. The van der Waals surface area contributed by atoms with Crippen LogP contribution in [0.5, 0.6) is 0 Å². The van der Waals surface area contributed by atoms with E-state index in [2.05, 4.69) is 0 Å². The highest BCUT2D eigenvalue weighted by molar-refractivity contribution is 5.91. The maximum absolute atomic E-state index is 11.2. The van der Waals surface area contributed by atoms with Crippen molar-refractivity contribution in [1.82, 2.24) is 0 Å². The van der Waals surface area contributed by atoms with Gasteiger partial charge in [-0.3, -0.25) is 20.2 Å². The van der Waals surface area contributed by atoms with Crippen LogP contribution < -0.4 is 0 Å². The summed E-state index contributed by atoms with van der Waals surface area (Å²) in [5.74, 6) is -1.47. The average molecular weight is 314 g/mol. The van der Waals surface area contributed by atoms with Crippen LogP contribution in [-0.4, -0.2) is 47.9 Å². The van der Waals surface area contributed by atoms with Crippen LogP contribution in [0.3, 0.4) is 0 Å². The Morgan fingerprint density at radius 2 is 1.86 bits per heavy atom. The molecule has 0 spiro atoms. The van der Waals surface area contributed by atoms with Crippen molar-refractivity contribution in [2.24, 2.45) is 0 Å². The van der Waals surface area contributed by atoms with Gasteiger partial charge in [0.1, 0.15) is 0 Å². The Bertz CT molecular complexity index is 551. The predicted molar refractivity (Wildman–Crippen MR) is 73.1 cm³/mol. The molecule has 10 heteroatoms. The van der Waals surface area contributed by atoms with E-state index in [1.54, 1.807) is 0 Å². The molecule has 1 aromatic rings. The minimum atomic E-state index is -1.47. The number of hydrogen-bond donors (Lipinski definition) is 1. The summed E-state index contributed by atoms with van der Waals surface area (Å²) in [5, 5.41) is 30.9. The lowest BCUT2D eigenvalue weighted by Gasteiger charge is -2.08. The number of ether oxygens (including phenoxy) is 2. The maximum Gasteiger partial charge on any atom is 0.336 e. The van der Waals surface area contributed by atoms with E-state index in [0.29, 0.717) is 6.61 Å². The molecule has 0 heterocycles. The van der Waals surface area contributed by atoms with Gasteiger partial charge in [0, 0.05) is 25.2 Å². The molecule has 0 aromatic heterocycles. The number of nitro benzene ring substituents is 2. The van der Waals surface area contributed by atoms with Gasteiger partial charge in [-0.15, -0.1) is 0 Å². The van der Waals surface area contributed by atoms with Crippen LogP contribution in [0, 0.1) is 20.2 Å². The van der Waals surface area contributed by atoms with Crippen LogP contribution in [0.1, 0.15) is 15.9 Å². The molecule has 0 aliphatic heterocycles. The number of nitrogens with zero attached hydrogens (tertiary/aromatic N) is 2. The fourth-order valence-corrected chi connectivity index (χ4v) is 1.78. The Labute approximate surface area is 124 Å². The Morgan fingerprint density at radius 1 is 1.18 bits per heavy atom. The molecule has 0 fully saturated rings. The van der Waals surface area contributed by atoms with Crippen molar-refractivity contribution in [3.05, 3.63) is 43.5 Å². The summed E-state index contributed by atoms with van der Waals surface area (Å²) in [6.07, 6.45) is -0.0559. The second-order valence-electron chi connectivity index (χ2n) is 4.17. The number of rotatable bonds is 9. The van der Waals surface area contributed by atoms with Gasteiger partial charge in [-0.1, -0.05) is 0 Å². The largest absolute Gasteiger partial charge is 0.478 e. The number of methoxy groups -OCH3 is 1. The molecular formula is C12H14N2O8. The Hall–Kier alpha value is -2.59. The molecule has 0 saturated heterocycles. The van der Waals surface area contributed by atoms with Crippen molar-refractivity contribution in [1.29, 1.82) is 0 Å². The predicted octanol–water partition coefficient (Wildman–Crippen LogP) is 1.41. The molecule has 0 aliphatic carbocycles. The number of aromatic carboxylic acids is 1. The van der Waals surface area contributed by atoms with Crippen LogP contribution in [0.4, 0.5) is 11.4 Å². The fourth-order valence-electron chi connectivity index (χ4n) is 1.78. The van der Waals surface area contributed by atoms with E-state index in [-0.39, 0.29) is 25.2 Å². The first-order valence-electron chi connectivity index (χ1n) is 6.14. The third-order valence-electron chi connectivity index (χ3n) is 2.78. The summed E-state index contributed by atoms with van der Waals surface area (Å²) in [7, 11) is 1.48. The summed E-state index contributed by atoms with van der Waals surface area (Å²) in [6.45, 7) is 0.607. The summed E-state index contributed by atoms with van der Waals surface area (Å²) in [4.78, 5) is 31.3. The molecule has 0 amide bonds. The minimum absolute atomic E-state index is 0.0301. The molecule has 0 atom stereocenters. The van der Waals surface area contributed by atoms with Gasteiger partial charge in [0.15, 0.2) is 0 Å². The van der Waals surface area contributed by atoms with Gasteiger partial charge in [0.25, 0.3) is 11.4 Å². The summed E-state index contributed by atoms with van der Waals surface area (Å²) in [5.41, 5.74) is -1.84. The quantitative estimate of drug-likeness (QED) is 0.409. The first-order chi connectivity index (χ1) is 10.4. The number of carboxylic acids is 1. The van der Waals surface area contributed by atoms with Crippen molar-refractivity contribution < 1.29 is 29.2 Å². The van der Waals surface area contributed by atoms with Crippen molar-refractivity contribution in [3.8, 4) is 0 Å². The van der Waals surface area contributed by atoms with Gasteiger partial charge < -0.3 is 14.6 Å².